The molecule has 0 radical (unpaired) electrons. The third-order valence-electron chi connectivity index (χ3n) is 4.80. The molecule has 0 spiro atoms. The number of aliphatic hydroxyl groups excluding tert-OH is 1. The Morgan fingerprint density at radius 1 is 1.20 bits per heavy atom. The van der Waals surface area contributed by atoms with Gasteiger partial charge in [0.05, 0.1) is 12.7 Å². The third kappa shape index (κ3) is 5.32. The molecule has 2 aliphatic rings. The zero-order valence-electron chi connectivity index (χ0n) is 13.2. The molecular weight excluding hydrogens is 252 g/mol. The minimum absolute atomic E-state index is 0.0653. The Kier molecular flexibility index (Phi) is 6.27. The van der Waals surface area contributed by atoms with Crippen LogP contribution in [-0.2, 0) is 4.74 Å². The van der Waals surface area contributed by atoms with E-state index in [0.717, 1.165) is 6.42 Å². The van der Waals surface area contributed by atoms with Crippen molar-refractivity contribution in [3.63, 3.8) is 0 Å². The van der Waals surface area contributed by atoms with Crippen molar-refractivity contribution in [2.24, 2.45) is 0 Å². The molecule has 0 amide bonds. The number of ether oxygens (including phenoxy) is 1. The van der Waals surface area contributed by atoms with Crippen molar-refractivity contribution in [2.75, 3.05) is 33.4 Å². The van der Waals surface area contributed by atoms with Gasteiger partial charge in [-0.15, -0.1) is 0 Å². The molecule has 0 bridgehead atoms. The molecule has 0 aromatic rings. The van der Waals surface area contributed by atoms with Crippen molar-refractivity contribution < 1.29 is 9.84 Å². The Hall–Kier alpha value is -0.160. The van der Waals surface area contributed by atoms with Gasteiger partial charge in [-0.1, -0.05) is 6.42 Å². The molecule has 0 aromatic carbocycles. The molecule has 4 nitrogen and oxygen atoms in total. The van der Waals surface area contributed by atoms with Gasteiger partial charge in [-0.3, -0.25) is 0 Å². The van der Waals surface area contributed by atoms with Crippen LogP contribution in [0.15, 0.2) is 0 Å². The van der Waals surface area contributed by atoms with Gasteiger partial charge in [0, 0.05) is 31.8 Å². The van der Waals surface area contributed by atoms with Crippen LogP contribution in [0.3, 0.4) is 0 Å². The molecule has 4 heteroatoms. The lowest BCUT2D eigenvalue weighted by molar-refractivity contribution is 0.0404. The lowest BCUT2D eigenvalue weighted by Crippen LogP contribution is -2.47. The molecule has 1 saturated carbocycles. The predicted octanol–water partition coefficient (Wildman–Crippen LogP) is 1.77. The molecule has 20 heavy (non-hydrogen) atoms. The average Bonchev–Trinajstić information content (AvgIpc) is 3.28. The van der Waals surface area contributed by atoms with E-state index in [0.29, 0.717) is 12.1 Å². The molecule has 2 N–H and O–H groups in total. The molecular formula is C16H32N2O2. The SMILES string of the molecule is COC1CCN(CCCCC(C)(CO)NC2CC2)CC1. The fourth-order valence-corrected chi connectivity index (χ4v) is 3.14. The summed E-state index contributed by atoms with van der Waals surface area (Å²) in [4.78, 5) is 2.56. The van der Waals surface area contributed by atoms with Crippen LogP contribution < -0.4 is 5.32 Å². The van der Waals surface area contributed by atoms with E-state index in [1.54, 1.807) is 0 Å². The summed E-state index contributed by atoms with van der Waals surface area (Å²) in [5.74, 6) is 0. The monoisotopic (exact) mass is 284 g/mol. The summed E-state index contributed by atoms with van der Waals surface area (Å²) in [5.41, 5.74) is -0.0653. The van der Waals surface area contributed by atoms with Gasteiger partial charge < -0.3 is 20.1 Å². The van der Waals surface area contributed by atoms with E-state index < -0.39 is 0 Å². The average molecular weight is 284 g/mol. The van der Waals surface area contributed by atoms with Crippen molar-refractivity contribution in [1.82, 2.24) is 10.2 Å². The highest BCUT2D eigenvalue weighted by Gasteiger charge is 2.31. The Labute approximate surface area is 123 Å². The van der Waals surface area contributed by atoms with E-state index in [1.807, 2.05) is 7.11 Å². The maximum atomic E-state index is 9.58. The van der Waals surface area contributed by atoms with E-state index in [1.165, 1.54) is 58.2 Å². The van der Waals surface area contributed by atoms with Gasteiger partial charge in [-0.25, -0.2) is 0 Å². The second-order valence-electron chi connectivity index (χ2n) is 6.87. The van der Waals surface area contributed by atoms with Gasteiger partial charge in [0.15, 0.2) is 0 Å². The van der Waals surface area contributed by atoms with E-state index in [-0.39, 0.29) is 12.1 Å². The van der Waals surface area contributed by atoms with Crippen molar-refractivity contribution in [2.45, 2.75) is 69.6 Å². The number of aliphatic hydroxyl groups is 1. The first-order valence-electron chi connectivity index (χ1n) is 8.29. The molecule has 1 atom stereocenters. The first-order valence-corrected chi connectivity index (χ1v) is 8.29. The first-order chi connectivity index (χ1) is 9.65. The summed E-state index contributed by atoms with van der Waals surface area (Å²) in [6, 6.07) is 0.667. The lowest BCUT2D eigenvalue weighted by atomic mass is 9.95. The second kappa shape index (κ2) is 7.74. The van der Waals surface area contributed by atoms with Crippen LogP contribution in [0.1, 0.15) is 51.9 Å². The number of likely N-dealkylation sites (tertiary alicyclic amines) is 1. The molecule has 1 unspecified atom stereocenters. The molecule has 1 aliphatic carbocycles. The first kappa shape index (κ1) is 16.2. The highest BCUT2D eigenvalue weighted by molar-refractivity contribution is 4.92. The number of nitrogens with zero attached hydrogens (tertiary/aromatic N) is 1. The molecule has 2 rings (SSSR count). The minimum Gasteiger partial charge on any atom is -0.394 e. The largest absolute Gasteiger partial charge is 0.394 e. The third-order valence-corrected chi connectivity index (χ3v) is 4.80. The van der Waals surface area contributed by atoms with Crippen molar-refractivity contribution in [1.29, 1.82) is 0 Å². The van der Waals surface area contributed by atoms with Crippen molar-refractivity contribution in [3.05, 3.63) is 0 Å². The Morgan fingerprint density at radius 3 is 2.45 bits per heavy atom. The summed E-state index contributed by atoms with van der Waals surface area (Å²) in [7, 11) is 1.82. The van der Waals surface area contributed by atoms with Gasteiger partial charge in [-0.05, 0) is 52.0 Å². The van der Waals surface area contributed by atoms with E-state index in [4.69, 9.17) is 4.74 Å². The number of methoxy groups -OCH3 is 1. The standard InChI is InChI=1S/C16H32N2O2/c1-16(13-19,17-14-5-6-14)9-3-4-10-18-11-7-15(20-2)8-12-18/h14-15,17,19H,3-13H2,1-2H3. The molecule has 1 heterocycles. The van der Waals surface area contributed by atoms with Crippen molar-refractivity contribution >= 4 is 0 Å². The van der Waals surface area contributed by atoms with Crippen LogP contribution in [-0.4, -0.2) is 61.0 Å². The Bertz CT molecular complexity index is 276. The van der Waals surface area contributed by atoms with Gasteiger partial charge in [0.2, 0.25) is 0 Å². The molecule has 1 saturated heterocycles. The van der Waals surface area contributed by atoms with Crippen LogP contribution in [0.25, 0.3) is 0 Å². The number of rotatable bonds is 9. The minimum atomic E-state index is -0.0653. The quantitative estimate of drug-likeness (QED) is 0.633. The van der Waals surface area contributed by atoms with Crippen LogP contribution in [0.5, 0.6) is 0 Å². The number of piperidine rings is 1. The van der Waals surface area contributed by atoms with Gasteiger partial charge >= 0.3 is 0 Å². The van der Waals surface area contributed by atoms with Gasteiger partial charge in [0.1, 0.15) is 0 Å². The van der Waals surface area contributed by atoms with E-state index in [2.05, 4.69) is 17.1 Å². The van der Waals surface area contributed by atoms with Crippen molar-refractivity contribution in [3.8, 4) is 0 Å². The molecule has 1 aliphatic heterocycles. The highest BCUT2D eigenvalue weighted by Crippen LogP contribution is 2.25. The summed E-state index contributed by atoms with van der Waals surface area (Å²) >= 11 is 0. The number of hydrogen-bond acceptors (Lipinski definition) is 4. The highest BCUT2D eigenvalue weighted by atomic mass is 16.5. The lowest BCUT2D eigenvalue weighted by Gasteiger charge is -2.32. The summed E-state index contributed by atoms with van der Waals surface area (Å²) in [6.07, 6.45) is 8.90. The maximum absolute atomic E-state index is 9.58. The number of unbranched alkanes of at least 4 members (excludes halogenated alkanes) is 1. The Balaban J connectivity index is 1.56. The molecule has 2 fully saturated rings. The van der Waals surface area contributed by atoms with Crippen LogP contribution in [0.2, 0.25) is 0 Å². The molecule has 118 valence electrons. The smallest absolute Gasteiger partial charge is 0.0610 e. The zero-order chi connectivity index (χ0) is 14.4. The summed E-state index contributed by atoms with van der Waals surface area (Å²) < 4.78 is 5.40. The van der Waals surface area contributed by atoms with Gasteiger partial charge in [0.25, 0.3) is 0 Å². The predicted molar refractivity (Wildman–Crippen MR) is 82.0 cm³/mol. The van der Waals surface area contributed by atoms with E-state index in [9.17, 15) is 5.11 Å². The topological polar surface area (TPSA) is 44.7 Å². The van der Waals surface area contributed by atoms with Crippen LogP contribution in [0, 0.1) is 0 Å². The number of nitrogens with one attached hydrogen (secondary N) is 1. The fraction of sp³-hybridized carbons (Fsp3) is 1.00. The number of hydrogen-bond donors (Lipinski definition) is 2. The second-order valence-corrected chi connectivity index (χ2v) is 6.87. The zero-order valence-corrected chi connectivity index (χ0v) is 13.2. The fourth-order valence-electron chi connectivity index (χ4n) is 3.14. The summed E-state index contributed by atoms with van der Waals surface area (Å²) in [6.45, 7) is 5.96. The normalized spacial score (nSPS) is 24.8. The van der Waals surface area contributed by atoms with Gasteiger partial charge in [-0.2, -0.15) is 0 Å². The van der Waals surface area contributed by atoms with E-state index >= 15 is 0 Å². The maximum Gasteiger partial charge on any atom is 0.0610 e. The van der Waals surface area contributed by atoms with Crippen LogP contribution in [0.4, 0.5) is 0 Å². The Morgan fingerprint density at radius 2 is 1.90 bits per heavy atom. The molecule has 0 aromatic heterocycles. The van der Waals surface area contributed by atoms with Crippen LogP contribution >= 0.6 is 0 Å². The summed E-state index contributed by atoms with van der Waals surface area (Å²) in [5, 5.41) is 13.2.